The van der Waals surface area contributed by atoms with E-state index < -0.39 is 0 Å². The van der Waals surface area contributed by atoms with Gasteiger partial charge in [0, 0.05) is 63.9 Å². The number of methoxy groups -OCH3 is 2. The number of nitrogens with zero attached hydrogens (tertiary/aromatic N) is 2. The van der Waals surface area contributed by atoms with Gasteiger partial charge in [-0.25, -0.2) is 0 Å². The minimum Gasteiger partial charge on any atom is -0.382 e. The molecule has 1 aliphatic rings. The summed E-state index contributed by atoms with van der Waals surface area (Å²) in [5.41, 5.74) is 3.09. The number of ether oxygens (including phenoxy) is 6. The third-order valence-corrected chi connectivity index (χ3v) is 6.60. The first-order chi connectivity index (χ1) is 19.5. The number of anilines is 2. The molecule has 3 rings (SSSR count). The van der Waals surface area contributed by atoms with Gasteiger partial charge < -0.3 is 38.2 Å². The molecule has 0 saturated heterocycles. The van der Waals surface area contributed by atoms with Crippen LogP contribution >= 0.6 is 0 Å². The van der Waals surface area contributed by atoms with Crippen molar-refractivity contribution in [1.82, 2.24) is 0 Å². The van der Waals surface area contributed by atoms with E-state index in [0.717, 1.165) is 0 Å². The number of carbonyl (C=O) groups excluding carboxylic acids is 2. The number of hydrogen-bond donors (Lipinski definition) is 0. The molecule has 0 amide bonds. The maximum atomic E-state index is 13.8. The van der Waals surface area contributed by atoms with Crippen molar-refractivity contribution in [2.75, 3.05) is 117 Å². The molecule has 0 N–H and O–H groups in total. The van der Waals surface area contributed by atoms with Crippen LogP contribution in [0.25, 0.3) is 0 Å². The first-order valence-corrected chi connectivity index (χ1v) is 13.6. The van der Waals surface area contributed by atoms with Crippen LogP contribution in [0.5, 0.6) is 0 Å². The molecule has 2 aromatic rings. The van der Waals surface area contributed by atoms with Gasteiger partial charge in [-0.15, -0.1) is 0 Å². The van der Waals surface area contributed by atoms with Crippen LogP contribution in [0.15, 0.2) is 36.4 Å². The number of fused-ring (bicyclic) bond motifs is 2. The van der Waals surface area contributed by atoms with Crippen LogP contribution in [0.2, 0.25) is 0 Å². The lowest BCUT2D eigenvalue weighted by Gasteiger charge is -2.30. The van der Waals surface area contributed by atoms with Crippen molar-refractivity contribution >= 4 is 22.9 Å². The highest BCUT2D eigenvalue weighted by atomic mass is 16.5. The Balaban J connectivity index is 1.70. The van der Waals surface area contributed by atoms with Crippen LogP contribution < -0.4 is 9.80 Å². The molecular formula is C30H42N2O8. The van der Waals surface area contributed by atoms with Gasteiger partial charge in [0.1, 0.15) is 0 Å². The quantitative estimate of drug-likeness (QED) is 0.193. The molecule has 0 radical (unpaired) electrons. The molecule has 40 heavy (non-hydrogen) atoms. The Morgan fingerprint density at radius 1 is 0.525 bits per heavy atom. The SMILES string of the molecule is COCCOCCOCCN(C)c1ccc(N(C)CCOCCOCCOC)c2c1C(=O)c1ccccc1C2=O. The first kappa shape index (κ1) is 31.7. The minimum atomic E-state index is -0.154. The Bertz CT molecular complexity index is 1010. The van der Waals surface area contributed by atoms with Gasteiger partial charge in [-0.05, 0) is 12.1 Å². The molecule has 0 aromatic heterocycles. The zero-order valence-corrected chi connectivity index (χ0v) is 24.1. The maximum Gasteiger partial charge on any atom is 0.196 e. The molecule has 0 aliphatic heterocycles. The van der Waals surface area contributed by atoms with E-state index in [4.69, 9.17) is 28.4 Å². The maximum absolute atomic E-state index is 13.8. The van der Waals surface area contributed by atoms with Crippen molar-refractivity contribution in [2.24, 2.45) is 0 Å². The fourth-order valence-corrected chi connectivity index (χ4v) is 4.40. The molecule has 2 aromatic carbocycles. The molecule has 0 saturated carbocycles. The molecule has 0 heterocycles. The second kappa shape index (κ2) is 17.1. The Morgan fingerprint density at radius 2 is 0.875 bits per heavy atom. The third-order valence-electron chi connectivity index (χ3n) is 6.60. The Kier molecular flexibility index (Phi) is 13.5. The number of benzene rings is 2. The van der Waals surface area contributed by atoms with Crippen LogP contribution in [-0.2, 0) is 28.4 Å². The van der Waals surface area contributed by atoms with Crippen molar-refractivity contribution in [3.8, 4) is 0 Å². The zero-order chi connectivity index (χ0) is 28.7. The summed E-state index contributed by atoms with van der Waals surface area (Å²) in [5.74, 6) is -0.307. The normalized spacial score (nSPS) is 12.4. The number of hydrogen-bond acceptors (Lipinski definition) is 10. The molecular weight excluding hydrogens is 516 g/mol. The van der Waals surface area contributed by atoms with Crippen LogP contribution in [0, 0.1) is 0 Å². The largest absolute Gasteiger partial charge is 0.382 e. The fraction of sp³-hybridized carbons (Fsp3) is 0.533. The average Bonchev–Trinajstić information content (AvgIpc) is 2.97. The van der Waals surface area contributed by atoms with Crippen LogP contribution in [0.1, 0.15) is 31.8 Å². The second-order valence-electron chi connectivity index (χ2n) is 9.34. The van der Waals surface area contributed by atoms with Crippen molar-refractivity contribution < 1.29 is 38.0 Å². The first-order valence-electron chi connectivity index (χ1n) is 13.6. The summed E-state index contributed by atoms with van der Waals surface area (Å²) in [7, 11) is 7.07. The molecule has 0 fully saturated rings. The minimum absolute atomic E-state index is 0.154. The molecule has 0 unspecified atom stereocenters. The van der Waals surface area contributed by atoms with Gasteiger partial charge in [-0.1, -0.05) is 24.3 Å². The van der Waals surface area contributed by atoms with E-state index in [1.165, 1.54) is 0 Å². The summed E-state index contributed by atoms with van der Waals surface area (Å²) in [6, 6.07) is 10.8. The molecule has 0 bridgehead atoms. The van der Waals surface area contributed by atoms with E-state index in [2.05, 4.69) is 0 Å². The Morgan fingerprint density at radius 3 is 1.25 bits per heavy atom. The Hall–Kier alpha value is -2.86. The fourth-order valence-electron chi connectivity index (χ4n) is 4.40. The lowest BCUT2D eigenvalue weighted by molar-refractivity contribution is 0.0266. The lowest BCUT2D eigenvalue weighted by atomic mass is 9.82. The molecule has 10 nitrogen and oxygen atoms in total. The summed E-state index contributed by atoms with van der Waals surface area (Å²) in [5, 5.41) is 0. The molecule has 1 aliphatic carbocycles. The van der Waals surface area contributed by atoms with Gasteiger partial charge in [0.2, 0.25) is 0 Å². The highest BCUT2D eigenvalue weighted by Crippen LogP contribution is 2.38. The number of carbonyl (C=O) groups is 2. The van der Waals surface area contributed by atoms with Gasteiger partial charge in [-0.2, -0.15) is 0 Å². The van der Waals surface area contributed by atoms with Crippen molar-refractivity contribution in [3.05, 3.63) is 58.7 Å². The van der Waals surface area contributed by atoms with Gasteiger partial charge in [0.25, 0.3) is 0 Å². The average molecular weight is 559 g/mol. The van der Waals surface area contributed by atoms with E-state index >= 15 is 0 Å². The van der Waals surface area contributed by atoms with E-state index in [1.807, 2.05) is 36.0 Å². The summed E-state index contributed by atoms with van der Waals surface area (Å²) in [4.78, 5) is 31.4. The van der Waals surface area contributed by atoms with E-state index in [1.54, 1.807) is 38.5 Å². The summed E-state index contributed by atoms with van der Waals surface area (Å²) in [6.07, 6.45) is 0. The standard InChI is InChI=1S/C30H42N2O8/c1-31(11-13-37-19-21-39-17-15-35-3)25-9-10-26(32(2)12-14-38-20-22-40-18-16-36-4)28-27(25)29(33)23-7-5-6-8-24(23)30(28)34/h5-10H,11-22H2,1-4H3. The summed E-state index contributed by atoms with van der Waals surface area (Å²) < 4.78 is 32.2. The topological polar surface area (TPSA) is 96.0 Å². The summed E-state index contributed by atoms with van der Waals surface area (Å²) in [6.45, 7) is 6.04. The number of likely N-dealkylation sites (N-methyl/N-ethyl adjacent to an activating group) is 2. The van der Waals surface area contributed by atoms with Gasteiger partial charge >= 0.3 is 0 Å². The molecule has 10 heteroatoms. The van der Waals surface area contributed by atoms with E-state index in [9.17, 15) is 9.59 Å². The van der Waals surface area contributed by atoms with Crippen LogP contribution in [-0.4, -0.2) is 119 Å². The Labute approximate surface area is 237 Å². The number of rotatable bonds is 20. The predicted octanol–water partition coefficient (Wildman–Crippen LogP) is 2.69. The molecule has 0 spiro atoms. The van der Waals surface area contributed by atoms with Gasteiger partial charge in [0.05, 0.1) is 77.2 Å². The third kappa shape index (κ3) is 8.57. The van der Waals surface area contributed by atoms with Crippen LogP contribution in [0.3, 0.4) is 0 Å². The van der Waals surface area contributed by atoms with Crippen molar-refractivity contribution in [3.63, 3.8) is 0 Å². The molecule has 0 atom stereocenters. The molecule has 220 valence electrons. The second-order valence-corrected chi connectivity index (χ2v) is 9.34. The summed E-state index contributed by atoms with van der Waals surface area (Å²) >= 11 is 0. The van der Waals surface area contributed by atoms with Gasteiger partial charge in [-0.3, -0.25) is 9.59 Å². The highest BCUT2D eigenvalue weighted by molar-refractivity contribution is 6.32. The van der Waals surface area contributed by atoms with Crippen molar-refractivity contribution in [2.45, 2.75) is 0 Å². The van der Waals surface area contributed by atoms with E-state index in [-0.39, 0.29) is 11.6 Å². The predicted molar refractivity (Wildman–Crippen MR) is 153 cm³/mol. The van der Waals surface area contributed by atoms with E-state index in [0.29, 0.717) is 113 Å². The van der Waals surface area contributed by atoms with Gasteiger partial charge in [0.15, 0.2) is 11.6 Å². The highest BCUT2D eigenvalue weighted by Gasteiger charge is 2.35. The monoisotopic (exact) mass is 558 g/mol. The van der Waals surface area contributed by atoms with Crippen molar-refractivity contribution in [1.29, 1.82) is 0 Å². The van der Waals surface area contributed by atoms with Crippen LogP contribution in [0.4, 0.5) is 11.4 Å². The zero-order valence-electron chi connectivity index (χ0n) is 24.1. The smallest absolute Gasteiger partial charge is 0.196 e. The number of ketones is 2. The lowest BCUT2D eigenvalue weighted by Crippen LogP contribution is -2.32.